The highest BCUT2D eigenvalue weighted by molar-refractivity contribution is 7.92. The van der Waals surface area contributed by atoms with Crippen LogP contribution in [0, 0.1) is 0 Å². The smallest absolute Gasteiger partial charge is 0.273 e. The third-order valence-electron chi connectivity index (χ3n) is 4.44. The van der Waals surface area contributed by atoms with Crippen molar-refractivity contribution in [2.45, 2.75) is 4.90 Å². The van der Waals surface area contributed by atoms with E-state index in [0.29, 0.717) is 16.5 Å². The van der Waals surface area contributed by atoms with Gasteiger partial charge < -0.3 is 9.47 Å². The highest BCUT2D eigenvalue weighted by Gasteiger charge is 2.18. The van der Waals surface area contributed by atoms with Crippen LogP contribution in [-0.2, 0) is 10.0 Å². The van der Waals surface area contributed by atoms with Gasteiger partial charge in [0.1, 0.15) is 11.5 Å². The van der Waals surface area contributed by atoms with Crippen LogP contribution in [0.25, 0.3) is 0 Å². The maximum atomic E-state index is 12.7. The number of amides is 2. The molecule has 0 unspecified atom stereocenters. The van der Waals surface area contributed by atoms with Gasteiger partial charge in [0.05, 0.1) is 24.7 Å². The van der Waals surface area contributed by atoms with E-state index in [1.54, 1.807) is 24.3 Å². The minimum atomic E-state index is -3.96. The summed E-state index contributed by atoms with van der Waals surface area (Å²) < 4.78 is 38.0. The van der Waals surface area contributed by atoms with Gasteiger partial charge in [-0.05, 0) is 60.7 Å². The fourth-order valence-corrected chi connectivity index (χ4v) is 4.01. The average Bonchev–Trinajstić information content (AvgIpc) is 2.83. The highest BCUT2D eigenvalue weighted by atomic mass is 35.5. The first-order chi connectivity index (χ1) is 15.7. The Hall–Kier alpha value is -3.76. The molecule has 0 saturated carbocycles. The second-order valence-corrected chi connectivity index (χ2v) is 8.73. The molecule has 0 saturated heterocycles. The Bertz CT molecular complexity index is 1280. The van der Waals surface area contributed by atoms with Crippen molar-refractivity contribution in [1.29, 1.82) is 0 Å². The molecule has 0 aliphatic heterocycles. The molecule has 9 nitrogen and oxygen atoms in total. The molecule has 0 bridgehead atoms. The Balaban J connectivity index is 1.72. The second-order valence-electron chi connectivity index (χ2n) is 6.61. The zero-order chi connectivity index (χ0) is 24.0. The van der Waals surface area contributed by atoms with Crippen molar-refractivity contribution < 1.29 is 27.5 Å². The van der Waals surface area contributed by atoms with Crippen LogP contribution in [0.3, 0.4) is 0 Å². The molecule has 0 aromatic heterocycles. The van der Waals surface area contributed by atoms with E-state index in [9.17, 15) is 18.0 Å². The van der Waals surface area contributed by atoms with Crippen molar-refractivity contribution in [3.05, 3.63) is 82.9 Å². The summed E-state index contributed by atoms with van der Waals surface area (Å²) >= 11 is 5.81. The van der Waals surface area contributed by atoms with Crippen molar-refractivity contribution >= 4 is 39.1 Å². The molecule has 2 amide bonds. The summed E-state index contributed by atoms with van der Waals surface area (Å²) in [6.07, 6.45) is 0. The number of carbonyl (C=O) groups excluding carboxylic acids is 2. The number of benzene rings is 3. The van der Waals surface area contributed by atoms with E-state index in [-0.39, 0.29) is 21.8 Å². The van der Waals surface area contributed by atoms with Crippen LogP contribution in [0.15, 0.2) is 71.6 Å². The lowest BCUT2D eigenvalue weighted by atomic mass is 10.2. The molecular formula is C22H20ClN3O6S. The van der Waals surface area contributed by atoms with Crippen LogP contribution in [0.5, 0.6) is 11.5 Å². The molecule has 0 radical (unpaired) electrons. The first kappa shape index (κ1) is 23.9. The van der Waals surface area contributed by atoms with E-state index < -0.39 is 21.8 Å². The number of methoxy groups -OCH3 is 2. The van der Waals surface area contributed by atoms with Gasteiger partial charge in [-0.2, -0.15) is 0 Å². The fourth-order valence-electron chi connectivity index (χ4n) is 2.78. The van der Waals surface area contributed by atoms with Crippen LogP contribution in [0.4, 0.5) is 5.69 Å². The van der Waals surface area contributed by atoms with Crippen molar-refractivity contribution in [3.63, 3.8) is 0 Å². The molecule has 3 aromatic rings. The molecular weight excluding hydrogens is 470 g/mol. The standard InChI is InChI=1S/C22H20ClN3O6S/c1-31-17-10-11-20(32-2)19(13-17)22(28)25-24-21(27)14-4-3-5-18(12-14)33(29,30)26-16-8-6-15(23)7-9-16/h3-13,26H,1-2H3,(H,24,27)(H,25,28). The van der Waals surface area contributed by atoms with E-state index in [0.717, 1.165) is 0 Å². The molecule has 3 N–H and O–H groups in total. The SMILES string of the molecule is COc1ccc(OC)c(C(=O)NNC(=O)c2cccc(S(=O)(=O)Nc3ccc(Cl)cc3)c2)c1. The van der Waals surface area contributed by atoms with Crippen molar-refractivity contribution in [2.24, 2.45) is 0 Å². The lowest BCUT2D eigenvalue weighted by Crippen LogP contribution is -2.41. The summed E-state index contributed by atoms with van der Waals surface area (Å²) in [5, 5.41) is 0.463. The van der Waals surface area contributed by atoms with Crippen molar-refractivity contribution in [3.8, 4) is 11.5 Å². The molecule has 0 heterocycles. The van der Waals surface area contributed by atoms with E-state index in [1.165, 1.54) is 56.7 Å². The molecule has 3 rings (SSSR count). The number of rotatable bonds is 7. The van der Waals surface area contributed by atoms with Gasteiger partial charge in [0.25, 0.3) is 21.8 Å². The van der Waals surface area contributed by atoms with Crippen LogP contribution in [0.1, 0.15) is 20.7 Å². The highest BCUT2D eigenvalue weighted by Crippen LogP contribution is 2.24. The molecule has 0 spiro atoms. The summed E-state index contributed by atoms with van der Waals surface area (Å²) in [6, 6.07) is 16.1. The third-order valence-corrected chi connectivity index (χ3v) is 6.07. The molecule has 0 aliphatic carbocycles. The van der Waals surface area contributed by atoms with E-state index in [1.807, 2.05) is 0 Å². The lowest BCUT2D eigenvalue weighted by molar-refractivity contribution is 0.0844. The minimum Gasteiger partial charge on any atom is -0.497 e. The first-order valence-electron chi connectivity index (χ1n) is 9.44. The van der Waals surface area contributed by atoms with Crippen LogP contribution in [-0.4, -0.2) is 34.5 Å². The zero-order valence-electron chi connectivity index (χ0n) is 17.6. The summed E-state index contributed by atoms with van der Waals surface area (Å²) in [6.45, 7) is 0. The van der Waals surface area contributed by atoms with Gasteiger partial charge in [-0.25, -0.2) is 8.42 Å². The van der Waals surface area contributed by atoms with Gasteiger partial charge >= 0.3 is 0 Å². The number of ether oxygens (including phenoxy) is 2. The summed E-state index contributed by atoms with van der Waals surface area (Å²) in [7, 11) is -1.11. The van der Waals surface area contributed by atoms with Gasteiger partial charge in [-0.1, -0.05) is 17.7 Å². The Morgan fingerprint density at radius 2 is 1.55 bits per heavy atom. The number of hydrogen-bond acceptors (Lipinski definition) is 6. The Morgan fingerprint density at radius 1 is 0.848 bits per heavy atom. The van der Waals surface area contributed by atoms with Crippen LogP contribution < -0.4 is 25.0 Å². The topological polar surface area (TPSA) is 123 Å². The number of nitrogens with one attached hydrogen (secondary N) is 3. The first-order valence-corrected chi connectivity index (χ1v) is 11.3. The molecule has 3 aromatic carbocycles. The minimum absolute atomic E-state index is 0.0203. The Labute approximate surface area is 195 Å². The largest absolute Gasteiger partial charge is 0.497 e. The maximum Gasteiger partial charge on any atom is 0.273 e. The number of sulfonamides is 1. The number of halogens is 1. The van der Waals surface area contributed by atoms with E-state index >= 15 is 0 Å². The molecule has 11 heteroatoms. The number of anilines is 1. The normalized spacial score (nSPS) is 10.8. The fraction of sp³-hybridized carbons (Fsp3) is 0.0909. The van der Waals surface area contributed by atoms with Gasteiger partial charge in [0.15, 0.2) is 0 Å². The Kier molecular flexibility index (Phi) is 7.41. The third kappa shape index (κ3) is 5.93. The summed E-state index contributed by atoms with van der Waals surface area (Å²) in [4.78, 5) is 24.9. The maximum absolute atomic E-state index is 12.7. The van der Waals surface area contributed by atoms with Gasteiger partial charge in [0, 0.05) is 16.3 Å². The number of hydrazine groups is 1. The zero-order valence-corrected chi connectivity index (χ0v) is 19.2. The van der Waals surface area contributed by atoms with Crippen LogP contribution >= 0.6 is 11.6 Å². The second kappa shape index (κ2) is 10.2. The number of carbonyl (C=O) groups is 2. The number of hydrogen-bond donors (Lipinski definition) is 3. The quantitative estimate of drug-likeness (QED) is 0.438. The molecule has 33 heavy (non-hydrogen) atoms. The Morgan fingerprint density at radius 3 is 2.21 bits per heavy atom. The molecule has 0 aliphatic rings. The molecule has 0 fully saturated rings. The molecule has 172 valence electrons. The van der Waals surface area contributed by atoms with Crippen molar-refractivity contribution in [2.75, 3.05) is 18.9 Å². The van der Waals surface area contributed by atoms with E-state index in [4.69, 9.17) is 21.1 Å². The summed E-state index contributed by atoms with van der Waals surface area (Å²) in [5.74, 6) is -0.650. The van der Waals surface area contributed by atoms with Gasteiger partial charge in [-0.15, -0.1) is 0 Å². The predicted octanol–water partition coefficient (Wildman–Crippen LogP) is 3.23. The van der Waals surface area contributed by atoms with E-state index in [2.05, 4.69) is 15.6 Å². The average molecular weight is 490 g/mol. The summed E-state index contributed by atoms with van der Waals surface area (Å²) in [5.41, 5.74) is 5.00. The monoisotopic (exact) mass is 489 g/mol. The van der Waals surface area contributed by atoms with Gasteiger partial charge in [-0.3, -0.25) is 25.2 Å². The van der Waals surface area contributed by atoms with Gasteiger partial charge in [0.2, 0.25) is 0 Å². The van der Waals surface area contributed by atoms with Crippen molar-refractivity contribution in [1.82, 2.24) is 10.9 Å². The van der Waals surface area contributed by atoms with Crippen LogP contribution in [0.2, 0.25) is 5.02 Å². The molecule has 0 atom stereocenters. The predicted molar refractivity (Wildman–Crippen MR) is 123 cm³/mol. The lowest BCUT2D eigenvalue weighted by Gasteiger charge is -2.12.